The van der Waals surface area contributed by atoms with Crippen molar-refractivity contribution in [2.75, 3.05) is 0 Å². The molecule has 0 aromatic heterocycles. The van der Waals surface area contributed by atoms with Crippen molar-refractivity contribution in [3.05, 3.63) is 63.7 Å². The van der Waals surface area contributed by atoms with Gasteiger partial charge in [0.05, 0.1) is 16.7 Å². The largest absolute Gasteiger partial charge is 0.487 e. The van der Waals surface area contributed by atoms with E-state index in [1.54, 1.807) is 6.07 Å². The van der Waals surface area contributed by atoms with Gasteiger partial charge in [0.2, 0.25) is 0 Å². The molecule has 0 amide bonds. The van der Waals surface area contributed by atoms with Crippen LogP contribution in [0.3, 0.4) is 0 Å². The highest BCUT2D eigenvalue weighted by Crippen LogP contribution is 2.26. The van der Waals surface area contributed by atoms with Crippen LogP contribution in [0.25, 0.3) is 0 Å². The van der Waals surface area contributed by atoms with Gasteiger partial charge in [-0.05, 0) is 47.9 Å². The van der Waals surface area contributed by atoms with Gasteiger partial charge in [-0.15, -0.1) is 0 Å². The van der Waals surface area contributed by atoms with Crippen LogP contribution in [0.5, 0.6) is 5.75 Å². The first-order valence-electron chi connectivity index (χ1n) is 6.25. The van der Waals surface area contributed by atoms with Crippen molar-refractivity contribution in [1.82, 2.24) is 0 Å². The summed E-state index contributed by atoms with van der Waals surface area (Å²) in [5.41, 5.74) is 9.23. The first-order valence-corrected chi connectivity index (χ1v) is 6.62. The zero-order chi connectivity index (χ0) is 14.5. The number of nitrogens with zero attached hydrogens (tertiary/aromatic N) is 1. The standard InChI is InChI=1S/C16H15ClN2O/c1-11-6-12(8-18)2-4-14(11)10-20-16-5-3-13(9-19)7-15(16)17/h2-7H,9-10,19H2,1H3. The summed E-state index contributed by atoms with van der Waals surface area (Å²) in [4.78, 5) is 0. The number of benzene rings is 2. The molecular weight excluding hydrogens is 272 g/mol. The molecule has 4 heteroatoms. The molecule has 0 atom stereocenters. The fraction of sp³-hybridized carbons (Fsp3) is 0.188. The van der Waals surface area contributed by atoms with Crippen LogP contribution in [0.15, 0.2) is 36.4 Å². The second-order valence-corrected chi connectivity index (χ2v) is 4.92. The van der Waals surface area contributed by atoms with E-state index in [4.69, 9.17) is 27.3 Å². The van der Waals surface area contributed by atoms with Gasteiger partial charge in [-0.3, -0.25) is 0 Å². The lowest BCUT2D eigenvalue weighted by molar-refractivity contribution is 0.305. The summed E-state index contributed by atoms with van der Waals surface area (Å²) in [6.45, 7) is 2.83. The summed E-state index contributed by atoms with van der Waals surface area (Å²) in [7, 11) is 0. The molecule has 0 aliphatic rings. The van der Waals surface area contributed by atoms with Crippen molar-refractivity contribution in [3.8, 4) is 11.8 Å². The Bertz CT molecular complexity index is 662. The molecule has 0 saturated heterocycles. The second-order valence-electron chi connectivity index (χ2n) is 4.51. The van der Waals surface area contributed by atoms with E-state index in [1.165, 1.54) is 0 Å². The summed E-state index contributed by atoms with van der Waals surface area (Å²) >= 11 is 6.14. The fourth-order valence-electron chi connectivity index (χ4n) is 1.87. The highest BCUT2D eigenvalue weighted by Gasteiger charge is 2.05. The van der Waals surface area contributed by atoms with Crippen molar-refractivity contribution in [2.24, 2.45) is 5.73 Å². The van der Waals surface area contributed by atoms with Gasteiger partial charge in [0.1, 0.15) is 12.4 Å². The average Bonchev–Trinajstić information content (AvgIpc) is 2.46. The first-order chi connectivity index (χ1) is 9.63. The van der Waals surface area contributed by atoms with E-state index in [9.17, 15) is 0 Å². The number of rotatable bonds is 4. The molecule has 2 aromatic rings. The third kappa shape index (κ3) is 3.30. The van der Waals surface area contributed by atoms with Crippen molar-refractivity contribution < 1.29 is 4.74 Å². The van der Waals surface area contributed by atoms with E-state index in [1.807, 2.05) is 37.3 Å². The van der Waals surface area contributed by atoms with E-state index in [2.05, 4.69) is 6.07 Å². The third-order valence-corrected chi connectivity index (χ3v) is 3.38. The maximum atomic E-state index is 8.84. The Morgan fingerprint density at radius 3 is 2.65 bits per heavy atom. The molecule has 2 N–H and O–H groups in total. The minimum atomic E-state index is 0.416. The maximum Gasteiger partial charge on any atom is 0.138 e. The number of hydrogen-bond acceptors (Lipinski definition) is 3. The van der Waals surface area contributed by atoms with E-state index >= 15 is 0 Å². The van der Waals surface area contributed by atoms with Crippen molar-refractivity contribution in [2.45, 2.75) is 20.1 Å². The van der Waals surface area contributed by atoms with E-state index < -0.39 is 0 Å². The molecule has 0 heterocycles. The lowest BCUT2D eigenvalue weighted by Gasteiger charge is -2.11. The smallest absolute Gasteiger partial charge is 0.138 e. The molecular formula is C16H15ClN2O. The van der Waals surface area contributed by atoms with Crippen LogP contribution in [-0.2, 0) is 13.2 Å². The van der Waals surface area contributed by atoms with Crippen LogP contribution in [0.2, 0.25) is 5.02 Å². The van der Waals surface area contributed by atoms with Crippen LogP contribution >= 0.6 is 11.6 Å². The minimum absolute atomic E-state index is 0.416. The van der Waals surface area contributed by atoms with Gasteiger partial charge < -0.3 is 10.5 Å². The Morgan fingerprint density at radius 2 is 2.05 bits per heavy atom. The van der Waals surface area contributed by atoms with Gasteiger partial charge in [0.15, 0.2) is 0 Å². The summed E-state index contributed by atoms with van der Waals surface area (Å²) in [6.07, 6.45) is 0. The van der Waals surface area contributed by atoms with Crippen LogP contribution in [0.4, 0.5) is 0 Å². The molecule has 2 rings (SSSR count). The predicted octanol–water partition coefficient (Wildman–Crippen LogP) is 3.56. The average molecular weight is 287 g/mol. The predicted molar refractivity (Wildman–Crippen MR) is 79.6 cm³/mol. The monoisotopic (exact) mass is 286 g/mol. The molecule has 0 fully saturated rings. The number of halogens is 1. The van der Waals surface area contributed by atoms with Crippen molar-refractivity contribution >= 4 is 11.6 Å². The van der Waals surface area contributed by atoms with Gasteiger partial charge in [0.25, 0.3) is 0 Å². The van der Waals surface area contributed by atoms with Crippen LogP contribution < -0.4 is 10.5 Å². The number of nitrogens with two attached hydrogens (primary N) is 1. The Kier molecular flexibility index (Phi) is 4.62. The molecule has 0 aliphatic heterocycles. The zero-order valence-electron chi connectivity index (χ0n) is 11.2. The van der Waals surface area contributed by atoms with Gasteiger partial charge in [-0.25, -0.2) is 0 Å². The van der Waals surface area contributed by atoms with Gasteiger partial charge in [-0.2, -0.15) is 5.26 Å². The summed E-state index contributed by atoms with van der Waals surface area (Å²) in [5.74, 6) is 0.632. The maximum absolute atomic E-state index is 8.84. The Hall–Kier alpha value is -2.02. The molecule has 2 aromatic carbocycles. The van der Waals surface area contributed by atoms with Crippen molar-refractivity contribution in [3.63, 3.8) is 0 Å². The zero-order valence-corrected chi connectivity index (χ0v) is 11.9. The molecule has 0 spiro atoms. The number of hydrogen-bond donors (Lipinski definition) is 1. The lowest BCUT2D eigenvalue weighted by Crippen LogP contribution is -2.00. The quantitative estimate of drug-likeness (QED) is 0.935. The normalized spacial score (nSPS) is 10.1. The minimum Gasteiger partial charge on any atom is -0.487 e. The number of aryl methyl sites for hydroxylation is 1. The van der Waals surface area contributed by atoms with E-state index in [0.29, 0.717) is 29.5 Å². The summed E-state index contributed by atoms with van der Waals surface area (Å²) < 4.78 is 5.72. The van der Waals surface area contributed by atoms with E-state index in [0.717, 1.165) is 16.7 Å². The Labute approximate surface area is 123 Å². The molecule has 20 heavy (non-hydrogen) atoms. The molecule has 0 bridgehead atoms. The Morgan fingerprint density at radius 1 is 1.25 bits per heavy atom. The Balaban J connectivity index is 2.11. The topological polar surface area (TPSA) is 59.0 Å². The molecule has 0 radical (unpaired) electrons. The van der Waals surface area contributed by atoms with E-state index in [-0.39, 0.29) is 0 Å². The molecule has 0 aliphatic carbocycles. The van der Waals surface area contributed by atoms with Crippen LogP contribution in [0.1, 0.15) is 22.3 Å². The number of nitriles is 1. The molecule has 102 valence electrons. The third-order valence-electron chi connectivity index (χ3n) is 3.09. The second kappa shape index (κ2) is 6.42. The lowest BCUT2D eigenvalue weighted by atomic mass is 10.1. The highest BCUT2D eigenvalue weighted by molar-refractivity contribution is 6.32. The van der Waals surface area contributed by atoms with Crippen LogP contribution in [0, 0.1) is 18.3 Å². The van der Waals surface area contributed by atoms with Crippen LogP contribution in [-0.4, -0.2) is 0 Å². The first kappa shape index (κ1) is 14.4. The summed E-state index contributed by atoms with van der Waals surface area (Å²) in [6, 6.07) is 13.2. The molecule has 0 unspecified atom stereocenters. The summed E-state index contributed by atoms with van der Waals surface area (Å²) in [5, 5.41) is 9.39. The molecule has 0 saturated carbocycles. The van der Waals surface area contributed by atoms with Gasteiger partial charge in [-0.1, -0.05) is 23.7 Å². The highest BCUT2D eigenvalue weighted by atomic mass is 35.5. The fourth-order valence-corrected chi connectivity index (χ4v) is 2.13. The molecule has 3 nitrogen and oxygen atoms in total. The number of ether oxygens (including phenoxy) is 1. The van der Waals surface area contributed by atoms with Gasteiger partial charge >= 0.3 is 0 Å². The van der Waals surface area contributed by atoms with Crippen molar-refractivity contribution in [1.29, 1.82) is 5.26 Å². The SMILES string of the molecule is Cc1cc(C#N)ccc1COc1ccc(CN)cc1Cl. The van der Waals surface area contributed by atoms with Gasteiger partial charge in [0, 0.05) is 6.54 Å².